The van der Waals surface area contributed by atoms with Crippen molar-refractivity contribution < 1.29 is 9.90 Å². The monoisotopic (exact) mass is 231 g/mol. The summed E-state index contributed by atoms with van der Waals surface area (Å²) in [6.07, 6.45) is 6.97. The van der Waals surface area contributed by atoms with Gasteiger partial charge in [0.1, 0.15) is 6.33 Å². The molecule has 1 aromatic rings. The second kappa shape index (κ2) is 4.86. The lowest BCUT2D eigenvalue weighted by Crippen LogP contribution is -2.03. The molecular formula is C12H13N3O2. The number of hydrogen-bond acceptors (Lipinski definition) is 4. The molecule has 0 spiro atoms. The van der Waals surface area contributed by atoms with Crippen LogP contribution in [0.3, 0.4) is 0 Å². The van der Waals surface area contributed by atoms with Crippen molar-refractivity contribution in [2.24, 2.45) is 4.99 Å². The molecule has 0 saturated carbocycles. The van der Waals surface area contributed by atoms with Crippen LogP contribution in [0, 0.1) is 0 Å². The molecular weight excluding hydrogens is 218 g/mol. The number of nitrogens with zero attached hydrogens (tertiary/aromatic N) is 3. The van der Waals surface area contributed by atoms with E-state index in [2.05, 4.69) is 21.9 Å². The second-order valence-corrected chi connectivity index (χ2v) is 3.96. The molecule has 1 unspecified atom stereocenters. The lowest BCUT2D eigenvalue weighted by molar-refractivity contribution is 0.0690. The first-order valence-corrected chi connectivity index (χ1v) is 5.46. The molecule has 2 heterocycles. The molecule has 0 radical (unpaired) electrons. The minimum atomic E-state index is -1.05. The maximum Gasteiger partial charge on any atom is 0.354 e. The molecule has 1 aliphatic rings. The molecule has 5 nitrogen and oxygen atoms in total. The Kier molecular flexibility index (Phi) is 3.27. The molecule has 0 amide bonds. The topological polar surface area (TPSA) is 75.4 Å². The highest BCUT2D eigenvalue weighted by Crippen LogP contribution is 2.16. The minimum absolute atomic E-state index is 0.00148. The standard InChI is InChI=1S/C12H13N3O2/c1-8-3-2-4-9(6-13-8)10-5-11(12(16)17)15-7-14-10/h4-8H,2-3H2,1H3,(H,16,17). The summed E-state index contributed by atoms with van der Waals surface area (Å²) in [5, 5.41) is 8.86. The summed E-state index contributed by atoms with van der Waals surface area (Å²) in [4.78, 5) is 22.9. The Morgan fingerprint density at radius 3 is 3.06 bits per heavy atom. The maximum absolute atomic E-state index is 10.8. The minimum Gasteiger partial charge on any atom is -0.477 e. The van der Waals surface area contributed by atoms with E-state index in [1.165, 1.54) is 12.4 Å². The lowest BCUT2D eigenvalue weighted by Gasteiger charge is -2.00. The van der Waals surface area contributed by atoms with E-state index >= 15 is 0 Å². The van der Waals surface area contributed by atoms with E-state index in [0.717, 1.165) is 18.4 Å². The van der Waals surface area contributed by atoms with Gasteiger partial charge in [0, 0.05) is 17.8 Å². The van der Waals surface area contributed by atoms with Gasteiger partial charge in [0.05, 0.1) is 5.69 Å². The first kappa shape index (κ1) is 11.4. The zero-order valence-corrected chi connectivity index (χ0v) is 9.50. The van der Waals surface area contributed by atoms with Crippen molar-refractivity contribution in [3.63, 3.8) is 0 Å². The van der Waals surface area contributed by atoms with E-state index in [-0.39, 0.29) is 5.69 Å². The molecule has 17 heavy (non-hydrogen) atoms. The fourth-order valence-corrected chi connectivity index (χ4v) is 1.62. The molecule has 0 bridgehead atoms. The van der Waals surface area contributed by atoms with Gasteiger partial charge in [-0.25, -0.2) is 14.8 Å². The first-order chi connectivity index (χ1) is 8.16. The van der Waals surface area contributed by atoms with Crippen LogP contribution in [0.1, 0.15) is 35.9 Å². The molecule has 2 rings (SSSR count). The Morgan fingerprint density at radius 1 is 1.47 bits per heavy atom. The van der Waals surface area contributed by atoms with E-state index < -0.39 is 5.97 Å². The van der Waals surface area contributed by atoms with Crippen LogP contribution in [0.25, 0.3) is 5.57 Å². The van der Waals surface area contributed by atoms with Crippen LogP contribution >= 0.6 is 0 Å². The number of carboxylic acids is 1. The Labute approximate surface area is 98.9 Å². The van der Waals surface area contributed by atoms with Crippen molar-refractivity contribution in [2.75, 3.05) is 0 Å². The molecule has 88 valence electrons. The summed E-state index contributed by atoms with van der Waals surface area (Å²) in [5.41, 5.74) is 1.47. The largest absolute Gasteiger partial charge is 0.477 e. The van der Waals surface area contributed by atoms with Crippen molar-refractivity contribution >= 4 is 17.8 Å². The van der Waals surface area contributed by atoms with E-state index in [0.29, 0.717) is 11.7 Å². The number of allylic oxidation sites excluding steroid dienone is 2. The van der Waals surface area contributed by atoms with Gasteiger partial charge in [-0.1, -0.05) is 6.08 Å². The van der Waals surface area contributed by atoms with Crippen LogP contribution in [0.5, 0.6) is 0 Å². The Morgan fingerprint density at radius 2 is 2.29 bits per heavy atom. The number of carbonyl (C=O) groups is 1. The number of aliphatic imine (C=N–C) groups is 1. The fraction of sp³-hybridized carbons (Fsp3) is 0.333. The smallest absolute Gasteiger partial charge is 0.354 e. The Hall–Kier alpha value is -2.04. The van der Waals surface area contributed by atoms with Crippen LogP contribution in [-0.2, 0) is 0 Å². The van der Waals surface area contributed by atoms with E-state index in [1.807, 2.05) is 6.08 Å². The molecule has 0 fully saturated rings. The third-order valence-electron chi connectivity index (χ3n) is 2.60. The normalized spacial score (nSPS) is 19.6. The lowest BCUT2D eigenvalue weighted by atomic mass is 10.1. The van der Waals surface area contributed by atoms with Gasteiger partial charge in [-0.05, 0) is 25.8 Å². The van der Waals surface area contributed by atoms with Gasteiger partial charge in [-0.15, -0.1) is 0 Å². The Bertz CT molecular complexity index is 494. The predicted octanol–water partition coefficient (Wildman–Crippen LogP) is 1.81. The average Bonchev–Trinajstić information content (AvgIpc) is 2.54. The Balaban J connectivity index is 2.33. The van der Waals surface area contributed by atoms with Gasteiger partial charge in [0.25, 0.3) is 0 Å². The predicted molar refractivity (Wildman–Crippen MR) is 64.2 cm³/mol. The van der Waals surface area contributed by atoms with Crippen LogP contribution < -0.4 is 0 Å². The molecule has 1 atom stereocenters. The average molecular weight is 231 g/mol. The second-order valence-electron chi connectivity index (χ2n) is 3.96. The van der Waals surface area contributed by atoms with Crippen LogP contribution in [0.2, 0.25) is 0 Å². The highest BCUT2D eigenvalue weighted by atomic mass is 16.4. The quantitative estimate of drug-likeness (QED) is 0.842. The summed E-state index contributed by atoms with van der Waals surface area (Å²) < 4.78 is 0. The van der Waals surface area contributed by atoms with Gasteiger partial charge in [-0.2, -0.15) is 0 Å². The van der Waals surface area contributed by atoms with Crippen LogP contribution in [0.4, 0.5) is 0 Å². The number of carboxylic acid groups (broad SMARTS) is 1. The van der Waals surface area contributed by atoms with Crippen molar-refractivity contribution in [1.82, 2.24) is 9.97 Å². The molecule has 1 aliphatic heterocycles. The summed E-state index contributed by atoms with van der Waals surface area (Å²) in [6, 6.07) is 1.76. The summed E-state index contributed by atoms with van der Waals surface area (Å²) in [6.45, 7) is 2.05. The number of rotatable bonds is 2. The van der Waals surface area contributed by atoms with Crippen molar-refractivity contribution in [3.05, 3.63) is 29.9 Å². The molecule has 0 aliphatic carbocycles. The fourth-order valence-electron chi connectivity index (χ4n) is 1.62. The van der Waals surface area contributed by atoms with Gasteiger partial charge in [0.15, 0.2) is 5.69 Å². The zero-order chi connectivity index (χ0) is 12.3. The zero-order valence-electron chi connectivity index (χ0n) is 9.50. The van der Waals surface area contributed by atoms with Gasteiger partial charge < -0.3 is 5.11 Å². The van der Waals surface area contributed by atoms with Gasteiger partial charge in [-0.3, -0.25) is 4.99 Å². The van der Waals surface area contributed by atoms with E-state index in [4.69, 9.17) is 5.11 Å². The highest BCUT2D eigenvalue weighted by Gasteiger charge is 2.10. The van der Waals surface area contributed by atoms with Crippen molar-refractivity contribution in [1.29, 1.82) is 0 Å². The highest BCUT2D eigenvalue weighted by molar-refractivity contribution is 6.09. The third kappa shape index (κ3) is 2.75. The summed E-state index contributed by atoms with van der Waals surface area (Å²) in [7, 11) is 0. The molecule has 5 heteroatoms. The number of hydrogen-bond donors (Lipinski definition) is 1. The van der Waals surface area contributed by atoms with Crippen molar-refractivity contribution in [3.8, 4) is 0 Å². The first-order valence-electron chi connectivity index (χ1n) is 5.46. The SMILES string of the molecule is CC1CCC=C(c2cc(C(=O)O)ncn2)C=N1. The van der Waals surface area contributed by atoms with Gasteiger partial charge >= 0.3 is 5.97 Å². The number of aromatic nitrogens is 2. The van der Waals surface area contributed by atoms with E-state index in [9.17, 15) is 4.79 Å². The maximum atomic E-state index is 10.8. The summed E-state index contributed by atoms with van der Waals surface area (Å²) in [5.74, 6) is -1.05. The van der Waals surface area contributed by atoms with Crippen LogP contribution in [0.15, 0.2) is 23.5 Å². The molecule has 0 saturated heterocycles. The third-order valence-corrected chi connectivity index (χ3v) is 2.60. The van der Waals surface area contributed by atoms with Crippen LogP contribution in [-0.4, -0.2) is 33.3 Å². The van der Waals surface area contributed by atoms with E-state index in [1.54, 1.807) is 6.21 Å². The van der Waals surface area contributed by atoms with Gasteiger partial charge in [0.2, 0.25) is 0 Å². The summed E-state index contributed by atoms with van der Waals surface area (Å²) >= 11 is 0. The molecule has 1 aromatic heterocycles. The molecule has 1 N–H and O–H groups in total. The van der Waals surface area contributed by atoms with Crippen molar-refractivity contribution in [2.45, 2.75) is 25.8 Å². The number of aromatic carboxylic acids is 1. The molecule has 0 aromatic carbocycles.